The quantitative estimate of drug-likeness (QED) is 0.279. The Labute approximate surface area is 245 Å². The third kappa shape index (κ3) is 8.47. The Balaban J connectivity index is 2.08. The highest BCUT2D eigenvalue weighted by Crippen LogP contribution is 2.35. The molecular formula is C27H27Cl2F3N4O4S. The van der Waals surface area contributed by atoms with E-state index in [1.165, 1.54) is 16.8 Å². The summed E-state index contributed by atoms with van der Waals surface area (Å²) < 4.78 is 69.7. The molecule has 220 valence electrons. The number of nitrogens with one attached hydrogen (secondary N) is 1. The highest BCUT2D eigenvalue weighted by molar-refractivity contribution is 7.91. The van der Waals surface area contributed by atoms with E-state index in [4.69, 9.17) is 33.7 Å². The van der Waals surface area contributed by atoms with Crippen LogP contribution in [0.2, 0.25) is 10.0 Å². The number of rotatable bonds is 7. The lowest BCUT2D eigenvalue weighted by Crippen LogP contribution is -2.41. The smallest absolute Gasteiger partial charge is 0.367 e. The van der Waals surface area contributed by atoms with Crippen molar-refractivity contribution in [2.24, 2.45) is 5.73 Å². The van der Waals surface area contributed by atoms with Crippen LogP contribution < -0.4 is 11.1 Å². The Kier molecular flexibility index (Phi) is 9.83. The molecule has 3 rings (SSSR count). The molecule has 1 heterocycles. The molecule has 1 atom stereocenters. The van der Waals surface area contributed by atoms with Crippen molar-refractivity contribution >= 4 is 38.9 Å². The molecule has 0 radical (unpaired) electrons. The zero-order valence-electron chi connectivity index (χ0n) is 22.4. The lowest BCUT2D eigenvalue weighted by molar-refractivity contribution is -0.158. The van der Waals surface area contributed by atoms with E-state index < -0.39 is 40.1 Å². The van der Waals surface area contributed by atoms with Crippen LogP contribution in [0.1, 0.15) is 36.8 Å². The molecule has 0 aliphatic carbocycles. The number of amides is 1. The maximum atomic E-state index is 13.2. The number of alkyl halides is 3. The Bertz CT molecular complexity index is 1600. The molecule has 0 bridgehead atoms. The topological polar surface area (TPSA) is 116 Å². The van der Waals surface area contributed by atoms with E-state index in [9.17, 15) is 26.4 Å². The molecule has 0 spiro atoms. The number of carbonyl (C=O) groups excluding carboxylic acids is 1. The van der Waals surface area contributed by atoms with Gasteiger partial charge in [-0.05, 0) is 51.1 Å². The van der Waals surface area contributed by atoms with Crippen molar-refractivity contribution < 1.29 is 31.1 Å². The van der Waals surface area contributed by atoms with Gasteiger partial charge in [0.05, 0.1) is 23.0 Å². The first-order chi connectivity index (χ1) is 18.9. The number of hydrogen-bond donors (Lipinski definition) is 2. The van der Waals surface area contributed by atoms with Crippen molar-refractivity contribution in [1.82, 2.24) is 15.1 Å². The van der Waals surface area contributed by atoms with Crippen molar-refractivity contribution in [3.8, 4) is 28.8 Å². The van der Waals surface area contributed by atoms with Crippen molar-refractivity contribution in [2.75, 3.05) is 19.5 Å². The normalized spacial score (nSPS) is 12.9. The van der Waals surface area contributed by atoms with Gasteiger partial charge in [0.1, 0.15) is 17.5 Å². The summed E-state index contributed by atoms with van der Waals surface area (Å²) in [5.41, 5.74) is 5.14. The molecule has 0 aliphatic rings. The molecule has 41 heavy (non-hydrogen) atoms. The predicted octanol–water partition coefficient (Wildman–Crippen LogP) is 5.04. The Morgan fingerprint density at radius 3 is 2.32 bits per heavy atom. The maximum Gasteiger partial charge on any atom is 0.405 e. The lowest BCUT2D eigenvalue weighted by Gasteiger charge is -2.19. The Hall–Kier alpha value is -3.08. The summed E-state index contributed by atoms with van der Waals surface area (Å²) >= 11 is 12.6. The van der Waals surface area contributed by atoms with Crippen molar-refractivity contribution in [3.05, 3.63) is 63.8 Å². The van der Waals surface area contributed by atoms with Gasteiger partial charge in [-0.15, -0.1) is 0 Å². The van der Waals surface area contributed by atoms with E-state index in [2.05, 4.69) is 22.3 Å². The number of carbonyl (C=O) groups is 1. The molecule has 14 heteroatoms. The third-order valence-corrected chi connectivity index (χ3v) is 7.02. The molecule has 1 aromatic heterocycles. The fraction of sp³-hybridized carbons (Fsp3) is 0.333. The van der Waals surface area contributed by atoms with Gasteiger partial charge >= 0.3 is 6.18 Å². The summed E-state index contributed by atoms with van der Waals surface area (Å²) in [5.74, 6) is 4.62. The van der Waals surface area contributed by atoms with E-state index in [1.807, 2.05) is 0 Å². The van der Waals surface area contributed by atoms with Gasteiger partial charge < -0.3 is 15.8 Å². The highest BCUT2D eigenvalue weighted by Gasteiger charge is 2.36. The fourth-order valence-corrected chi connectivity index (χ4v) is 4.99. The van der Waals surface area contributed by atoms with Crippen LogP contribution in [0.25, 0.3) is 16.9 Å². The zero-order chi connectivity index (χ0) is 30.8. The molecule has 8 nitrogen and oxygen atoms in total. The molecule has 0 saturated carbocycles. The zero-order valence-corrected chi connectivity index (χ0v) is 24.8. The van der Waals surface area contributed by atoms with Crippen LogP contribution in [0.3, 0.4) is 0 Å². The number of ether oxygens (including phenoxy) is 1. The molecule has 1 unspecified atom stereocenters. The summed E-state index contributed by atoms with van der Waals surface area (Å²) in [6.45, 7) is 4.20. The largest absolute Gasteiger partial charge is 0.405 e. The molecule has 1 amide bonds. The van der Waals surface area contributed by atoms with E-state index in [1.54, 1.807) is 51.1 Å². The minimum atomic E-state index is -4.57. The number of hydrogen-bond acceptors (Lipinski definition) is 6. The highest BCUT2D eigenvalue weighted by atomic mass is 35.5. The standard InChI is InChI=1S/C27H27Cl2F3N4O4S/c1-26(2,3)34-25(37)22-24(41(4,38)39)23(17-8-10-18(28)11-9-17)36(35-22)20-12-7-16(14-19(20)29)6-5-13-40-15-21(33)27(30,31)32/h7-12,14,21H,13,15,33H2,1-4H3,(H,34,37). The summed E-state index contributed by atoms with van der Waals surface area (Å²) in [4.78, 5) is 12.9. The summed E-state index contributed by atoms with van der Waals surface area (Å²) in [6.07, 6.45) is -3.59. The maximum absolute atomic E-state index is 13.2. The second-order valence-electron chi connectivity index (χ2n) is 10.1. The van der Waals surface area contributed by atoms with Crippen molar-refractivity contribution in [3.63, 3.8) is 0 Å². The monoisotopic (exact) mass is 630 g/mol. The molecule has 0 aliphatic heterocycles. The summed E-state index contributed by atoms with van der Waals surface area (Å²) in [7, 11) is -4.00. The first-order valence-electron chi connectivity index (χ1n) is 12.0. The Morgan fingerprint density at radius 1 is 1.15 bits per heavy atom. The SMILES string of the molecule is CC(C)(C)NC(=O)c1nn(-c2ccc(C#CCOCC(N)C(F)(F)F)cc2Cl)c(-c2ccc(Cl)cc2)c1S(C)(=O)=O. The van der Waals surface area contributed by atoms with Crippen LogP contribution in [-0.4, -0.2) is 61.3 Å². The second kappa shape index (κ2) is 12.4. The number of benzene rings is 2. The minimum absolute atomic E-state index is 0.0957. The number of sulfone groups is 1. The average Bonchev–Trinajstić information content (AvgIpc) is 3.24. The van der Waals surface area contributed by atoms with Crippen molar-refractivity contribution in [2.45, 2.75) is 43.4 Å². The molecule has 0 fully saturated rings. The second-order valence-corrected chi connectivity index (χ2v) is 12.8. The van der Waals surface area contributed by atoms with Gasteiger partial charge in [-0.2, -0.15) is 18.3 Å². The summed E-state index contributed by atoms with van der Waals surface area (Å²) in [5, 5.41) is 7.65. The number of nitrogens with two attached hydrogens (primary N) is 1. The van der Waals surface area contributed by atoms with Crippen LogP contribution in [0.4, 0.5) is 13.2 Å². The summed E-state index contributed by atoms with van der Waals surface area (Å²) in [6, 6.07) is 8.75. The third-order valence-electron chi connectivity index (χ3n) is 5.33. The fourth-order valence-electron chi connectivity index (χ4n) is 3.56. The predicted molar refractivity (Wildman–Crippen MR) is 151 cm³/mol. The van der Waals surface area contributed by atoms with Gasteiger partial charge in [-0.3, -0.25) is 4.79 Å². The van der Waals surface area contributed by atoms with Gasteiger partial charge in [0.2, 0.25) is 0 Å². The van der Waals surface area contributed by atoms with Gasteiger partial charge in [0, 0.05) is 27.9 Å². The molecule has 3 aromatic rings. The van der Waals surface area contributed by atoms with Crippen molar-refractivity contribution in [1.29, 1.82) is 0 Å². The number of aromatic nitrogens is 2. The van der Waals surface area contributed by atoms with Crippen LogP contribution in [0, 0.1) is 11.8 Å². The lowest BCUT2D eigenvalue weighted by atomic mass is 10.1. The van der Waals surface area contributed by atoms with Crippen LogP contribution in [-0.2, 0) is 14.6 Å². The molecule has 0 saturated heterocycles. The van der Waals surface area contributed by atoms with Crippen LogP contribution in [0.15, 0.2) is 47.4 Å². The number of nitrogens with zero attached hydrogens (tertiary/aromatic N) is 2. The van der Waals surface area contributed by atoms with Crippen LogP contribution in [0.5, 0.6) is 0 Å². The van der Waals surface area contributed by atoms with Gasteiger partial charge in [0.15, 0.2) is 15.5 Å². The average molecular weight is 632 g/mol. The van der Waals surface area contributed by atoms with E-state index in [0.29, 0.717) is 16.1 Å². The first-order valence-corrected chi connectivity index (χ1v) is 14.6. The van der Waals surface area contributed by atoms with Gasteiger partial charge in [-0.25, -0.2) is 13.1 Å². The molecule has 2 aromatic carbocycles. The van der Waals surface area contributed by atoms with Gasteiger partial charge in [0.25, 0.3) is 5.91 Å². The molecule has 3 N–H and O–H groups in total. The van der Waals surface area contributed by atoms with E-state index in [-0.39, 0.29) is 33.6 Å². The molecular weight excluding hydrogens is 604 g/mol. The van der Waals surface area contributed by atoms with Gasteiger partial charge in [-0.1, -0.05) is 47.2 Å². The first kappa shape index (κ1) is 32.4. The van der Waals surface area contributed by atoms with E-state index >= 15 is 0 Å². The minimum Gasteiger partial charge on any atom is -0.367 e. The van der Waals surface area contributed by atoms with E-state index in [0.717, 1.165) is 6.26 Å². The number of halogens is 5. The Morgan fingerprint density at radius 2 is 1.78 bits per heavy atom. The van der Waals surface area contributed by atoms with Crippen LogP contribution >= 0.6 is 23.2 Å².